The highest BCUT2D eigenvalue weighted by atomic mass is 35.5. The number of nitrogens with one attached hydrogen (secondary N) is 1. The SMILES string of the molecule is CNCCN(C)C(=O)Cc1csc(-c2ccc(Cl)cc2)n1.Cl.Cl. The Morgan fingerprint density at radius 1 is 1.30 bits per heavy atom. The number of aromatic nitrogens is 1. The van der Waals surface area contributed by atoms with E-state index in [1.165, 1.54) is 0 Å². The molecular formula is C15H20Cl3N3OS. The van der Waals surface area contributed by atoms with Gasteiger partial charge in [-0.25, -0.2) is 4.98 Å². The van der Waals surface area contributed by atoms with Crippen molar-refractivity contribution in [3.63, 3.8) is 0 Å². The smallest absolute Gasteiger partial charge is 0.228 e. The summed E-state index contributed by atoms with van der Waals surface area (Å²) >= 11 is 7.42. The van der Waals surface area contributed by atoms with Crippen LogP contribution in [0.25, 0.3) is 10.6 Å². The first-order valence-electron chi connectivity index (χ1n) is 6.69. The summed E-state index contributed by atoms with van der Waals surface area (Å²) in [4.78, 5) is 18.3. The largest absolute Gasteiger partial charge is 0.344 e. The van der Waals surface area contributed by atoms with E-state index < -0.39 is 0 Å². The summed E-state index contributed by atoms with van der Waals surface area (Å²) in [7, 11) is 3.68. The van der Waals surface area contributed by atoms with Crippen LogP contribution in [0.1, 0.15) is 5.69 Å². The van der Waals surface area contributed by atoms with Crippen molar-refractivity contribution in [2.45, 2.75) is 6.42 Å². The normalized spacial score (nSPS) is 9.70. The molecule has 0 aliphatic rings. The summed E-state index contributed by atoms with van der Waals surface area (Å²) in [5.74, 6) is 0.0817. The van der Waals surface area contributed by atoms with Crippen LogP contribution in [0.5, 0.6) is 0 Å². The standard InChI is InChI=1S/C15H18ClN3OS.2ClH/c1-17-7-8-19(2)14(20)9-13-10-21-15(18-13)11-3-5-12(16)6-4-11;;/h3-6,10,17H,7-9H2,1-2H3;2*1H. The molecule has 0 fully saturated rings. The lowest BCUT2D eigenvalue weighted by Gasteiger charge is -2.16. The zero-order chi connectivity index (χ0) is 15.2. The third-order valence-corrected chi connectivity index (χ3v) is 4.29. The Labute approximate surface area is 158 Å². The van der Waals surface area contributed by atoms with Gasteiger partial charge in [-0.2, -0.15) is 0 Å². The van der Waals surface area contributed by atoms with Crippen LogP contribution in [0.15, 0.2) is 29.6 Å². The Hall–Kier alpha value is -0.850. The number of hydrogen-bond donors (Lipinski definition) is 1. The maximum atomic E-state index is 12.1. The summed E-state index contributed by atoms with van der Waals surface area (Å²) in [5, 5.41) is 6.58. The molecule has 128 valence electrons. The molecule has 2 aromatic rings. The van der Waals surface area contributed by atoms with Crippen LogP contribution in [0, 0.1) is 0 Å². The number of hydrogen-bond acceptors (Lipinski definition) is 4. The van der Waals surface area contributed by atoms with Gasteiger partial charge in [-0.05, 0) is 19.2 Å². The zero-order valence-electron chi connectivity index (χ0n) is 12.9. The van der Waals surface area contributed by atoms with Crippen LogP contribution in [0.4, 0.5) is 0 Å². The van der Waals surface area contributed by atoms with E-state index >= 15 is 0 Å². The Morgan fingerprint density at radius 3 is 2.57 bits per heavy atom. The molecule has 0 aliphatic heterocycles. The molecule has 1 amide bonds. The highest BCUT2D eigenvalue weighted by Crippen LogP contribution is 2.25. The minimum atomic E-state index is 0. The van der Waals surface area contributed by atoms with Crippen molar-refractivity contribution < 1.29 is 4.79 Å². The van der Waals surface area contributed by atoms with Crippen LogP contribution >= 0.6 is 47.8 Å². The number of nitrogens with zero attached hydrogens (tertiary/aromatic N) is 2. The molecule has 2 rings (SSSR count). The maximum Gasteiger partial charge on any atom is 0.228 e. The number of thiazole rings is 1. The molecule has 0 bridgehead atoms. The van der Waals surface area contributed by atoms with Crippen LogP contribution in [0.3, 0.4) is 0 Å². The van der Waals surface area contributed by atoms with Gasteiger partial charge in [0, 0.05) is 36.1 Å². The summed E-state index contributed by atoms with van der Waals surface area (Å²) in [6.45, 7) is 1.48. The monoisotopic (exact) mass is 395 g/mol. The van der Waals surface area contributed by atoms with Crippen molar-refractivity contribution in [1.29, 1.82) is 0 Å². The molecule has 0 spiro atoms. The van der Waals surface area contributed by atoms with Crippen LogP contribution in [-0.4, -0.2) is 43.0 Å². The van der Waals surface area contributed by atoms with E-state index in [2.05, 4.69) is 10.3 Å². The lowest BCUT2D eigenvalue weighted by Crippen LogP contribution is -2.33. The average molecular weight is 397 g/mol. The van der Waals surface area contributed by atoms with Gasteiger partial charge in [0.2, 0.25) is 5.91 Å². The van der Waals surface area contributed by atoms with Gasteiger partial charge in [0.15, 0.2) is 0 Å². The lowest BCUT2D eigenvalue weighted by atomic mass is 10.2. The van der Waals surface area contributed by atoms with Gasteiger partial charge in [-0.15, -0.1) is 36.2 Å². The van der Waals surface area contributed by atoms with E-state index in [1.54, 1.807) is 16.2 Å². The molecule has 0 radical (unpaired) electrons. The van der Waals surface area contributed by atoms with Gasteiger partial charge >= 0.3 is 0 Å². The molecule has 1 aromatic carbocycles. The predicted octanol–water partition coefficient (Wildman–Crippen LogP) is 3.53. The number of likely N-dealkylation sites (N-methyl/N-ethyl adjacent to an activating group) is 2. The Kier molecular flexibility index (Phi) is 10.4. The number of benzene rings is 1. The van der Waals surface area contributed by atoms with Crippen LogP contribution < -0.4 is 5.32 Å². The van der Waals surface area contributed by atoms with E-state index in [-0.39, 0.29) is 30.7 Å². The molecule has 23 heavy (non-hydrogen) atoms. The second kappa shape index (κ2) is 10.8. The Bertz CT molecular complexity index is 604. The molecule has 1 heterocycles. The number of carbonyl (C=O) groups excluding carboxylic acids is 1. The fourth-order valence-corrected chi connectivity index (χ4v) is 2.76. The lowest BCUT2D eigenvalue weighted by molar-refractivity contribution is -0.129. The molecule has 0 aliphatic carbocycles. The minimum Gasteiger partial charge on any atom is -0.344 e. The number of rotatable bonds is 6. The highest BCUT2D eigenvalue weighted by molar-refractivity contribution is 7.13. The first kappa shape index (κ1) is 22.2. The van der Waals surface area contributed by atoms with Crippen molar-refractivity contribution in [3.8, 4) is 10.6 Å². The van der Waals surface area contributed by atoms with E-state index in [1.807, 2.05) is 43.7 Å². The van der Waals surface area contributed by atoms with Crippen molar-refractivity contribution in [1.82, 2.24) is 15.2 Å². The second-order valence-corrected chi connectivity index (χ2v) is 6.04. The molecule has 8 heteroatoms. The summed E-state index contributed by atoms with van der Waals surface area (Å²) < 4.78 is 0. The van der Waals surface area contributed by atoms with E-state index in [4.69, 9.17) is 11.6 Å². The topological polar surface area (TPSA) is 45.2 Å². The fraction of sp³-hybridized carbons (Fsp3) is 0.333. The third-order valence-electron chi connectivity index (χ3n) is 3.10. The second-order valence-electron chi connectivity index (χ2n) is 4.75. The maximum absolute atomic E-state index is 12.1. The first-order valence-corrected chi connectivity index (χ1v) is 7.95. The van der Waals surface area contributed by atoms with Gasteiger partial charge in [-0.3, -0.25) is 4.79 Å². The summed E-state index contributed by atoms with van der Waals surface area (Å²) in [5.41, 5.74) is 1.83. The molecule has 4 nitrogen and oxygen atoms in total. The van der Waals surface area contributed by atoms with Gasteiger partial charge in [0.25, 0.3) is 0 Å². The highest BCUT2D eigenvalue weighted by Gasteiger charge is 2.12. The number of halogens is 3. The van der Waals surface area contributed by atoms with Crippen LogP contribution in [0.2, 0.25) is 5.02 Å². The molecule has 1 N–H and O–H groups in total. The fourth-order valence-electron chi connectivity index (χ4n) is 1.81. The molecule has 1 aromatic heterocycles. The van der Waals surface area contributed by atoms with Gasteiger partial charge in [0.1, 0.15) is 5.01 Å². The van der Waals surface area contributed by atoms with Gasteiger partial charge < -0.3 is 10.2 Å². The molecule has 0 unspecified atom stereocenters. The van der Waals surface area contributed by atoms with Gasteiger partial charge in [0.05, 0.1) is 12.1 Å². The minimum absolute atomic E-state index is 0. The first-order chi connectivity index (χ1) is 10.1. The van der Waals surface area contributed by atoms with E-state index in [9.17, 15) is 4.79 Å². The quantitative estimate of drug-likeness (QED) is 0.812. The summed E-state index contributed by atoms with van der Waals surface area (Å²) in [6.07, 6.45) is 0.338. The van der Waals surface area contributed by atoms with Crippen molar-refractivity contribution in [3.05, 3.63) is 40.4 Å². The molecule has 0 saturated heterocycles. The number of amides is 1. The van der Waals surface area contributed by atoms with Crippen molar-refractivity contribution in [2.24, 2.45) is 0 Å². The average Bonchev–Trinajstić information content (AvgIpc) is 2.93. The number of carbonyl (C=O) groups is 1. The Morgan fingerprint density at radius 2 is 1.96 bits per heavy atom. The predicted molar refractivity (Wildman–Crippen MR) is 102 cm³/mol. The third kappa shape index (κ3) is 6.65. The van der Waals surface area contributed by atoms with E-state index in [0.717, 1.165) is 22.8 Å². The van der Waals surface area contributed by atoms with Crippen molar-refractivity contribution >= 4 is 53.7 Å². The van der Waals surface area contributed by atoms with Crippen molar-refractivity contribution in [2.75, 3.05) is 27.2 Å². The molecule has 0 saturated carbocycles. The molecular weight excluding hydrogens is 377 g/mol. The van der Waals surface area contributed by atoms with Gasteiger partial charge in [-0.1, -0.05) is 23.7 Å². The van der Waals surface area contributed by atoms with Crippen LogP contribution in [-0.2, 0) is 11.2 Å². The molecule has 0 atom stereocenters. The summed E-state index contributed by atoms with van der Waals surface area (Å²) in [6, 6.07) is 7.56. The Balaban J connectivity index is 0.00000242. The van der Waals surface area contributed by atoms with E-state index in [0.29, 0.717) is 18.0 Å². The zero-order valence-corrected chi connectivity index (χ0v) is 16.1.